The first-order valence-electron chi connectivity index (χ1n) is 6.00. The summed E-state index contributed by atoms with van der Waals surface area (Å²) >= 11 is 0. The van der Waals surface area contributed by atoms with Crippen molar-refractivity contribution < 1.29 is 19.1 Å². The Kier molecular flexibility index (Phi) is 9.02. The fourth-order valence-corrected chi connectivity index (χ4v) is 2.39. The maximum Gasteiger partial charge on any atom is 0.333 e. The van der Waals surface area contributed by atoms with E-state index in [1.54, 1.807) is 14.0 Å². The molecule has 0 saturated heterocycles. The average Bonchev–Trinajstić information content (AvgIpc) is 2.30. The van der Waals surface area contributed by atoms with E-state index < -0.39 is 9.04 Å². The van der Waals surface area contributed by atoms with Crippen LogP contribution in [0.5, 0.6) is 0 Å². The minimum absolute atomic E-state index is 0.316. The molecule has 0 saturated carbocycles. The Hall–Kier alpha value is -0.653. The van der Waals surface area contributed by atoms with Crippen LogP contribution in [-0.2, 0) is 14.0 Å². The zero-order valence-electron chi connectivity index (χ0n) is 11.1. The number of esters is 1. The molecule has 0 aliphatic heterocycles. The van der Waals surface area contributed by atoms with Gasteiger partial charge < -0.3 is 14.3 Å². The summed E-state index contributed by atoms with van der Waals surface area (Å²) in [7, 11) is 0.657. The molecule has 0 amide bonds. The van der Waals surface area contributed by atoms with E-state index in [1.807, 2.05) is 0 Å². The highest BCUT2D eigenvalue weighted by atomic mass is 28.3. The van der Waals surface area contributed by atoms with Crippen molar-refractivity contribution in [1.82, 2.24) is 0 Å². The van der Waals surface area contributed by atoms with Crippen LogP contribution >= 0.6 is 0 Å². The van der Waals surface area contributed by atoms with Gasteiger partial charge in [-0.3, -0.25) is 0 Å². The number of carbonyl (C=O) groups excluding carboxylic acids is 1. The van der Waals surface area contributed by atoms with Gasteiger partial charge in [0, 0.05) is 12.7 Å². The van der Waals surface area contributed by atoms with Gasteiger partial charge in [-0.05, 0) is 38.8 Å². The summed E-state index contributed by atoms with van der Waals surface area (Å²) in [6, 6.07) is 0.975. The van der Waals surface area contributed by atoms with Gasteiger partial charge in [-0.25, -0.2) is 4.79 Å². The van der Waals surface area contributed by atoms with Gasteiger partial charge in [0.1, 0.15) is 0 Å². The number of aliphatic hydroxyl groups excluding tert-OH is 1. The Bertz CT molecular complexity index is 243. The van der Waals surface area contributed by atoms with Crippen molar-refractivity contribution in [3.8, 4) is 0 Å². The van der Waals surface area contributed by atoms with Crippen LogP contribution in [-0.4, -0.2) is 39.9 Å². The summed E-state index contributed by atoms with van der Waals surface area (Å²) in [6.45, 7) is 7.57. The molecular formula is C12H24O4Si. The fourth-order valence-electron chi connectivity index (χ4n) is 1.30. The molecule has 17 heavy (non-hydrogen) atoms. The van der Waals surface area contributed by atoms with Crippen molar-refractivity contribution in [1.29, 1.82) is 0 Å². The molecule has 0 aliphatic carbocycles. The summed E-state index contributed by atoms with van der Waals surface area (Å²) in [6.07, 6.45) is 1.80. The number of aliphatic hydroxyl groups is 1. The largest absolute Gasteiger partial charge is 0.462 e. The van der Waals surface area contributed by atoms with Crippen LogP contribution in [0.3, 0.4) is 0 Å². The smallest absolute Gasteiger partial charge is 0.333 e. The fraction of sp³-hybridized carbons (Fsp3) is 0.750. The highest BCUT2D eigenvalue weighted by molar-refractivity contribution is 6.50. The Morgan fingerprint density at radius 2 is 2.12 bits per heavy atom. The first-order chi connectivity index (χ1) is 7.97. The quantitative estimate of drug-likeness (QED) is 0.296. The lowest BCUT2D eigenvalue weighted by molar-refractivity contribution is -0.139. The second kappa shape index (κ2) is 9.38. The van der Waals surface area contributed by atoms with E-state index in [1.165, 1.54) is 0 Å². The number of rotatable bonds is 9. The average molecular weight is 260 g/mol. The van der Waals surface area contributed by atoms with Crippen LogP contribution in [0.15, 0.2) is 12.2 Å². The third kappa shape index (κ3) is 9.09. The van der Waals surface area contributed by atoms with Gasteiger partial charge in [-0.15, -0.1) is 0 Å². The molecule has 0 aromatic carbocycles. The van der Waals surface area contributed by atoms with E-state index in [9.17, 15) is 9.90 Å². The number of hydrogen-bond acceptors (Lipinski definition) is 4. The van der Waals surface area contributed by atoms with E-state index in [4.69, 9.17) is 9.16 Å². The molecular weight excluding hydrogens is 236 g/mol. The molecule has 0 bridgehead atoms. The Balaban J connectivity index is 3.48. The van der Waals surface area contributed by atoms with Gasteiger partial charge in [0.05, 0.1) is 12.7 Å². The molecule has 2 atom stereocenters. The summed E-state index contributed by atoms with van der Waals surface area (Å²) < 4.78 is 10.2. The standard InChI is InChI=1S/C12H24O4Si/c1-10(2)12(14)16-8-5-6-11(13)7-9-17(4)15-3/h11,13,17H,1,5-9H2,2-4H3. The first-order valence-corrected chi connectivity index (χ1v) is 8.45. The Labute approximate surface area is 105 Å². The van der Waals surface area contributed by atoms with Crippen LogP contribution in [0, 0.1) is 0 Å². The molecule has 0 heterocycles. The van der Waals surface area contributed by atoms with Crippen molar-refractivity contribution >= 4 is 15.0 Å². The minimum atomic E-state index is -1.07. The molecule has 4 nitrogen and oxygen atoms in total. The molecule has 100 valence electrons. The number of hydrogen-bond donors (Lipinski definition) is 1. The van der Waals surface area contributed by atoms with E-state index in [2.05, 4.69) is 13.1 Å². The van der Waals surface area contributed by atoms with Gasteiger partial charge in [0.25, 0.3) is 0 Å². The normalized spacial score (nSPS) is 14.1. The van der Waals surface area contributed by atoms with E-state index in [0.717, 1.165) is 12.5 Å². The lowest BCUT2D eigenvalue weighted by atomic mass is 10.1. The maximum absolute atomic E-state index is 11.0. The predicted octanol–water partition coefficient (Wildman–Crippen LogP) is 1.64. The molecule has 0 aromatic heterocycles. The molecule has 5 heteroatoms. The summed E-state index contributed by atoms with van der Waals surface area (Å²) in [5.41, 5.74) is 0.408. The van der Waals surface area contributed by atoms with Crippen molar-refractivity contribution in [3.05, 3.63) is 12.2 Å². The Morgan fingerprint density at radius 1 is 1.47 bits per heavy atom. The van der Waals surface area contributed by atoms with Crippen molar-refractivity contribution in [2.75, 3.05) is 13.7 Å². The van der Waals surface area contributed by atoms with Crippen LogP contribution in [0.2, 0.25) is 12.6 Å². The van der Waals surface area contributed by atoms with Crippen LogP contribution < -0.4 is 0 Å². The zero-order valence-corrected chi connectivity index (χ0v) is 12.2. The van der Waals surface area contributed by atoms with E-state index in [-0.39, 0.29) is 12.1 Å². The SMILES string of the molecule is C=C(C)C(=O)OCCCC(O)CC[SiH](C)OC. The molecule has 0 aliphatic rings. The van der Waals surface area contributed by atoms with Gasteiger partial charge in [-0.2, -0.15) is 0 Å². The van der Waals surface area contributed by atoms with E-state index in [0.29, 0.717) is 25.0 Å². The van der Waals surface area contributed by atoms with Crippen molar-refractivity contribution in [2.45, 2.75) is 44.9 Å². The van der Waals surface area contributed by atoms with Crippen molar-refractivity contribution in [3.63, 3.8) is 0 Å². The molecule has 0 spiro atoms. The third-order valence-corrected chi connectivity index (χ3v) is 4.52. The second-order valence-electron chi connectivity index (χ2n) is 4.34. The highest BCUT2D eigenvalue weighted by Gasteiger charge is 2.09. The van der Waals surface area contributed by atoms with Gasteiger partial charge in [0.15, 0.2) is 9.04 Å². The summed E-state index contributed by atoms with van der Waals surface area (Å²) in [4.78, 5) is 11.0. The minimum Gasteiger partial charge on any atom is -0.462 e. The van der Waals surface area contributed by atoms with Gasteiger partial charge >= 0.3 is 5.97 Å². The predicted molar refractivity (Wildman–Crippen MR) is 70.5 cm³/mol. The monoisotopic (exact) mass is 260 g/mol. The molecule has 1 N–H and O–H groups in total. The lowest BCUT2D eigenvalue weighted by Gasteiger charge is -2.12. The van der Waals surface area contributed by atoms with Crippen LogP contribution in [0.4, 0.5) is 0 Å². The third-order valence-electron chi connectivity index (χ3n) is 2.57. The zero-order chi connectivity index (χ0) is 13.3. The van der Waals surface area contributed by atoms with Gasteiger partial charge in [0.2, 0.25) is 0 Å². The maximum atomic E-state index is 11.0. The molecule has 0 radical (unpaired) electrons. The van der Waals surface area contributed by atoms with Crippen LogP contribution in [0.1, 0.15) is 26.2 Å². The Morgan fingerprint density at radius 3 is 2.65 bits per heavy atom. The lowest BCUT2D eigenvalue weighted by Crippen LogP contribution is -2.16. The number of carbonyl (C=O) groups is 1. The molecule has 0 fully saturated rings. The highest BCUT2D eigenvalue weighted by Crippen LogP contribution is 2.08. The first kappa shape index (κ1) is 16.3. The van der Waals surface area contributed by atoms with Gasteiger partial charge in [-0.1, -0.05) is 6.58 Å². The topological polar surface area (TPSA) is 55.8 Å². The van der Waals surface area contributed by atoms with Crippen LogP contribution in [0.25, 0.3) is 0 Å². The number of ether oxygens (including phenoxy) is 1. The molecule has 0 rings (SSSR count). The molecule has 2 unspecified atom stereocenters. The van der Waals surface area contributed by atoms with Crippen molar-refractivity contribution in [2.24, 2.45) is 0 Å². The summed E-state index contributed by atoms with van der Waals surface area (Å²) in [5, 5.41) is 9.68. The second-order valence-corrected chi connectivity index (χ2v) is 7.01. The summed E-state index contributed by atoms with van der Waals surface area (Å²) in [5.74, 6) is -0.361. The molecule has 0 aromatic rings. The van der Waals surface area contributed by atoms with E-state index >= 15 is 0 Å².